The molecule has 0 saturated heterocycles. The van der Waals surface area contributed by atoms with E-state index in [-0.39, 0.29) is 16.2 Å². The van der Waals surface area contributed by atoms with Gasteiger partial charge in [-0.2, -0.15) is 13.2 Å². The first-order chi connectivity index (χ1) is 7.70. The second-order valence-corrected chi connectivity index (χ2v) is 3.86. The van der Waals surface area contributed by atoms with Crippen LogP contribution in [0.4, 0.5) is 13.2 Å². The predicted octanol–water partition coefficient (Wildman–Crippen LogP) is 4.17. The van der Waals surface area contributed by atoms with Crippen molar-refractivity contribution >= 4 is 28.8 Å². The number of alkyl halides is 3. The van der Waals surface area contributed by atoms with Gasteiger partial charge in [0.05, 0.1) is 4.92 Å². The number of rotatable bonds is 2. The zero-order valence-electron chi connectivity index (χ0n) is 7.96. The molecule has 0 unspecified atom stereocenters. The highest BCUT2D eigenvalue weighted by Crippen LogP contribution is 2.36. The molecule has 0 N–H and O–H groups in total. The van der Waals surface area contributed by atoms with Crippen molar-refractivity contribution in [1.29, 1.82) is 0 Å². The van der Waals surface area contributed by atoms with Gasteiger partial charge in [0.2, 0.25) is 6.20 Å². The van der Waals surface area contributed by atoms with Crippen molar-refractivity contribution in [3.63, 3.8) is 0 Å². The van der Waals surface area contributed by atoms with Crippen LogP contribution >= 0.6 is 23.2 Å². The Bertz CT molecular complexity index is 465. The first-order valence-electron chi connectivity index (χ1n) is 4.09. The van der Waals surface area contributed by atoms with Crippen molar-refractivity contribution in [2.75, 3.05) is 0 Å². The lowest BCUT2D eigenvalue weighted by molar-refractivity contribution is -0.402. The zero-order chi connectivity index (χ0) is 13.2. The van der Waals surface area contributed by atoms with Crippen molar-refractivity contribution in [2.45, 2.75) is 6.18 Å². The summed E-state index contributed by atoms with van der Waals surface area (Å²) >= 11 is 11.1. The first kappa shape index (κ1) is 13.8. The van der Waals surface area contributed by atoms with Crippen molar-refractivity contribution in [3.8, 4) is 0 Å². The molecule has 0 bridgehead atoms. The first-order valence-corrected chi connectivity index (χ1v) is 4.84. The molecule has 0 atom stereocenters. The van der Waals surface area contributed by atoms with Gasteiger partial charge in [-0.3, -0.25) is 10.1 Å². The molecule has 3 nitrogen and oxygen atoms in total. The monoisotopic (exact) mass is 285 g/mol. The van der Waals surface area contributed by atoms with Crippen molar-refractivity contribution in [1.82, 2.24) is 0 Å². The van der Waals surface area contributed by atoms with E-state index in [1.807, 2.05) is 0 Å². The topological polar surface area (TPSA) is 43.1 Å². The molecule has 17 heavy (non-hydrogen) atoms. The van der Waals surface area contributed by atoms with Crippen molar-refractivity contribution in [3.05, 3.63) is 50.1 Å². The summed E-state index contributed by atoms with van der Waals surface area (Å²) in [6, 6.07) is 3.14. The Morgan fingerprint density at radius 3 is 2.06 bits per heavy atom. The van der Waals surface area contributed by atoms with E-state index >= 15 is 0 Å². The molecular weight excluding hydrogens is 282 g/mol. The number of halogens is 5. The standard InChI is InChI=1S/C9H4Cl2F3NO2/c10-6-1-5(2-7(11)3-6)8(4-15(16)17)9(12,13)14/h1-4H. The average Bonchev–Trinajstić information content (AvgIpc) is 2.10. The van der Waals surface area contributed by atoms with E-state index in [0.29, 0.717) is 0 Å². The van der Waals surface area contributed by atoms with Crippen LogP contribution in [0.5, 0.6) is 0 Å². The lowest BCUT2D eigenvalue weighted by Gasteiger charge is -2.10. The number of nitro groups is 1. The fourth-order valence-corrected chi connectivity index (χ4v) is 1.65. The maximum atomic E-state index is 12.6. The summed E-state index contributed by atoms with van der Waals surface area (Å²) in [5.74, 6) is 0. The van der Waals surface area contributed by atoms with Gasteiger partial charge >= 0.3 is 6.18 Å². The van der Waals surface area contributed by atoms with Crippen LogP contribution in [-0.2, 0) is 0 Å². The molecule has 0 aliphatic carbocycles. The summed E-state index contributed by atoms with van der Waals surface area (Å²) in [5, 5.41) is 10.1. The van der Waals surface area contributed by atoms with Gasteiger partial charge in [0.15, 0.2) is 0 Å². The van der Waals surface area contributed by atoms with E-state index in [1.165, 1.54) is 6.07 Å². The third kappa shape index (κ3) is 3.90. The smallest absolute Gasteiger partial charge is 0.259 e. The van der Waals surface area contributed by atoms with Gasteiger partial charge in [0.1, 0.15) is 5.57 Å². The minimum Gasteiger partial charge on any atom is -0.259 e. The third-order valence-electron chi connectivity index (χ3n) is 1.71. The lowest BCUT2D eigenvalue weighted by Crippen LogP contribution is -2.12. The summed E-state index contributed by atoms with van der Waals surface area (Å²) in [7, 11) is 0. The fraction of sp³-hybridized carbons (Fsp3) is 0.111. The quantitative estimate of drug-likeness (QED) is 0.604. The highest BCUT2D eigenvalue weighted by molar-refractivity contribution is 6.34. The van der Waals surface area contributed by atoms with Crippen molar-refractivity contribution < 1.29 is 18.1 Å². The minimum absolute atomic E-state index is 0.0361. The molecule has 8 heteroatoms. The predicted molar refractivity (Wildman–Crippen MR) is 57.5 cm³/mol. The van der Waals surface area contributed by atoms with Crippen LogP contribution in [0.15, 0.2) is 24.4 Å². The minimum atomic E-state index is -4.86. The molecule has 92 valence electrons. The Morgan fingerprint density at radius 2 is 1.71 bits per heavy atom. The van der Waals surface area contributed by atoms with Crippen LogP contribution in [0, 0.1) is 10.1 Å². The molecule has 1 aromatic carbocycles. The molecule has 1 rings (SSSR count). The molecule has 0 saturated carbocycles. The van der Waals surface area contributed by atoms with Gasteiger partial charge in [0, 0.05) is 10.0 Å². The number of hydrogen-bond acceptors (Lipinski definition) is 2. The molecule has 0 heterocycles. The van der Waals surface area contributed by atoms with E-state index in [2.05, 4.69) is 0 Å². The third-order valence-corrected chi connectivity index (χ3v) is 2.15. The van der Waals surface area contributed by atoms with Gasteiger partial charge < -0.3 is 0 Å². The van der Waals surface area contributed by atoms with Gasteiger partial charge in [-0.15, -0.1) is 0 Å². The zero-order valence-corrected chi connectivity index (χ0v) is 9.47. The Hall–Kier alpha value is -1.27. The van der Waals surface area contributed by atoms with E-state index in [1.54, 1.807) is 0 Å². The van der Waals surface area contributed by atoms with Crippen LogP contribution in [-0.4, -0.2) is 11.1 Å². The largest absolute Gasteiger partial charge is 0.422 e. The van der Waals surface area contributed by atoms with Crippen molar-refractivity contribution in [2.24, 2.45) is 0 Å². The Morgan fingerprint density at radius 1 is 1.24 bits per heavy atom. The Kier molecular flexibility index (Phi) is 4.00. The molecule has 0 amide bonds. The SMILES string of the molecule is O=[N+]([O-])C=C(c1cc(Cl)cc(Cl)c1)C(F)(F)F. The summed E-state index contributed by atoms with van der Waals surface area (Å²) in [5.41, 5.74) is -1.86. The van der Waals surface area contributed by atoms with Crippen LogP contribution in [0.3, 0.4) is 0 Å². The number of benzene rings is 1. The number of allylic oxidation sites excluding steroid dienone is 1. The number of hydrogen-bond donors (Lipinski definition) is 0. The molecule has 0 aliphatic rings. The molecule has 0 aromatic heterocycles. The summed E-state index contributed by atoms with van der Waals surface area (Å²) < 4.78 is 37.7. The Labute approximate surface area is 104 Å². The lowest BCUT2D eigenvalue weighted by atomic mass is 10.1. The second-order valence-electron chi connectivity index (χ2n) is 2.98. The fourth-order valence-electron chi connectivity index (χ4n) is 1.13. The average molecular weight is 286 g/mol. The van der Waals surface area contributed by atoms with Crippen LogP contribution in [0.2, 0.25) is 10.0 Å². The molecule has 0 radical (unpaired) electrons. The molecular formula is C9H4Cl2F3NO2. The van der Waals surface area contributed by atoms with E-state index in [9.17, 15) is 23.3 Å². The molecule has 1 aromatic rings. The highest BCUT2D eigenvalue weighted by Gasteiger charge is 2.37. The van der Waals surface area contributed by atoms with Gasteiger partial charge in [-0.1, -0.05) is 23.2 Å². The van der Waals surface area contributed by atoms with Crippen LogP contribution in [0.25, 0.3) is 5.57 Å². The van der Waals surface area contributed by atoms with Gasteiger partial charge in [0.25, 0.3) is 0 Å². The summed E-state index contributed by atoms with van der Waals surface area (Å²) in [6.45, 7) is 0. The normalized spacial score (nSPS) is 12.6. The van der Waals surface area contributed by atoms with Gasteiger partial charge in [-0.25, -0.2) is 0 Å². The molecule has 0 fully saturated rings. The number of nitrogens with zero attached hydrogens (tertiary/aromatic N) is 1. The summed E-state index contributed by atoms with van der Waals surface area (Å²) in [6.07, 6.45) is -4.98. The van der Waals surface area contributed by atoms with Crippen LogP contribution < -0.4 is 0 Å². The maximum Gasteiger partial charge on any atom is 0.422 e. The highest BCUT2D eigenvalue weighted by atomic mass is 35.5. The molecule has 0 aliphatic heterocycles. The Balaban J connectivity index is 3.38. The van der Waals surface area contributed by atoms with Crippen LogP contribution in [0.1, 0.15) is 5.56 Å². The maximum absolute atomic E-state index is 12.6. The van der Waals surface area contributed by atoms with E-state index in [0.717, 1.165) is 12.1 Å². The second kappa shape index (κ2) is 4.93. The van der Waals surface area contributed by atoms with Gasteiger partial charge in [-0.05, 0) is 23.8 Å². The van der Waals surface area contributed by atoms with E-state index < -0.39 is 22.2 Å². The van der Waals surface area contributed by atoms with E-state index in [4.69, 9.17) is 23.2 Å². The molecule has 0 spiro atoms. The summed E-state index contributed by atoms with van der Waals surface area (Å²) in [4.78, 5) is 8.98.